The van der Waals surface area contributed by atoms with Gasteiger partial charge in [-0.1, -0.05) is 12.1 Å². The smallest absolute Gasteiger partial charge is 0.252 e. The monoisotopic (exact) mass is 513 g/mol. The maximum Gasteiger partial charge on any atom is 0.252 e. The number of nitrogens with zero attached hydrogens (tertiary/aromatic N) is 7. The van der Waals surface area contributed by atoms with E-state index in [-0.39, 0.29) is 29.5 Å². The van der Waals surface area contributed by atoms with E-state index in [1.165, 1.54) is 12.1 Å². The van der Waals surface area contributed by atoms with Gasteiger partial charge in [-0.05, 0) is 56.5 Å². The van der Waals surface area contributed by atoms with Crippen molar-refractivity contribution in [3.05, 3.63) is 81.7 Å². The summed E-state index contributed by atoms with van der Waals surface area (Å²) in [6.45, 7) is 5.44. The minimum absolute atomic E-state index is 0.00999. The predicted molar refractivity (Wildman–Crippen MR) is 139 cm³/mol. The Hall–Kier alpha value is -4.10. The van der Waals surface area contributed by atoms with E-state index in [1.807, 2.05) is 0 Å². The fraction of sp³-hybridized carbons (Fsp3) is 0.393. The summed E-state index contributed by atoms with van der Waals surface area (Å²) in [5.74, 6) is 1.20. The molecule has 9 nitrogen and oxygen atoms in total. The first-order chi connectivity index (χ1) is 18.3. The van der Waals surface area contributed by atoms with Crippen molar-refractivity contribution in [3.63, 3.8) is 0 Å². The fourth-order valence-corrected chi connectivity index (χ4v) is 5.42. The number of pyridine rings is 2. The van der Waals surface area contributed by atoms with Crippen LogP contribution in [0.2, 0.25) is 0 Å². The highest BCUT2D eigenvalue weighted by molar-refractivity contribution is 5.89. The summed E-state index contributed by atoms with van der Waals surface area (Å²) >= 11 is 0. The number of nitriles is 1. The minimum Gasteiger partial charge on any atom is -0.423 e. The molecule has 4 aromatic rings. The normalized spacial score (nSPS) is 21.0. The Kier molecular flexibility index (Phi) is 5.95. The van der Waals surface area contributed by atoms with Gasteiger partial charge in [-0.25, -0.2) is 9.37 Å². The summed E-state index contributed by atoms with van der Waals surface area (Å²) in [5.41, 5.74) is 3.06. The second-order valence-electron chi connectivity index (χ2n) is 10.4. The van der Waals surface area contributed by atoms with E-state index < -0.39 is 0 Å². The third-order valence-electron chi connectivity index (χ3n) is 7.66. The van der Waals surface area contributed by atoms with Crippen molar-refractivity contribution in [2.24, 2.45) is 7.05 Å². The molecule has 0 bridgehead atoms. The Labute approximate surface area is 219 Å². The lowest BCUT2D eigenvalue weighted by atomic mass is 9.98. The SMILES string of the molecule is CC1CN(c2cc(=O)n(C)c3ccc(C#N)nc23)[C@@H](C)CN1C(c1ccc(F)cc1)c1nnc(C2CC2)o1. The number of halogens is 1. The van der Waals surface area contributed by atoms with E-state index in [0.717, 1.165) is 18.4 Å². The van der Waals surface area contributed by atoms with Gasteiger partial charge in [0.05, 0.1) is 11.2 Å². The first kappa shape index (κ1) is 24.2. The molecule has 3 aromatic heterocycles. The average Bonchev–Trinajstić information content (AvgIpc) is 3.66. The topological polar surface area (TPSA) is 104 Å². The standard InChI is InChI=1S/C28H28FN7O2/c1-16-15-36(26(18-6-8-20(29)9-7-18)28-33-32-27(38-28)19-4-5-19)17(2)14-35(16)23-12-24(37)34(3)22-11-10-21(13-30)31-25(22)23/h6-12,16-17,19,26H,4-5,14-15H2,1-3H3/t16-,17?,26?/m0/s1. The van der Waals surface area contributed by atoms with Crippen LogP contribution in [0.5, 0.6) is 0 Å². The molecule has 38 heavy (non-hydrogen) atoms. The quantitative estimate of drug-likeness (QED) is 0.396. The second kappa shape index (κ2) is 9.33. The van der Waals surface area contributed by atoms with Gasteiger partial charge >= 0.3 is 0 Å². The minimum atomic E-state index is -0.334. The second-order valence-corrected chi connectivity index (χ2v) is 10.4. The Bertz CT molecular complexity index is 1600. The van der Waals surface area contributed by atoms with Crippen LogP contribution in [0, 0.1) is 17.1 Å². The van der Waals surface area contributed by atoms with Gasteiger partial charge in [0.15, 0.2) is 0 Å². The van der Waals surface area contributed by atoms with Crippen LogP contribution in [0.3, 0.4) is 0 Å². The number of anilines is 1. The first-order valence-electron chi connectivity index (χ1n) is 12.9. The molecule has 1 aliphatic heterocycles. The molecule has 3 atom stereocenters. The zero-order valence-corrected chi connectivity index (χ0v) is 21.5. The maximum atomic E-state index is 13.8. The molecule has 10 heteroatoms. The lowest BCUT2D eigenvalue weighted by Crippen LogP contribution is -2.57. The van der Waals surface area contributed by atoms with Crippen molar-refractivity contribution in [1.82, 2.24) is 24.6 Å². The highest BCUT2D eigenvalue weighted by Crippen LogP contribution is 2.41. The van der Waals surface area contributed by atoms with Crippen LogP contribution in [-0.4, -0.2) is 49.8 Å². The van der Waals surface area contributed by atoms with E-state index >= 15 is 0 Å². The van der Waals surface area contributed by atoms with Gasteiger partial charge in [0, 0.05) is 44.2 Å². The van der Waals surface area contributed by atoms with E-state index in [2.05, 4.69) is 44.9 Å². The fourth-order valence-electron chi connectivity index (χ4n) is 5.42. The molecule has 4 heterocycles. The molecule has 1 aromatic carbocycles. The van der Waals surface area contributed by atoms with Crippen LogP contribution >= 0.6 is 0 Å². The summed E-state index contributed by atoms with van der Waals surface area (Å²) in [6.07, 6.45) is 2.11. The Morgan fingerprint density at radius 3 is 2.55 bits per heavy atom. The van der Waals surface area contributed by atoms with Crippen LogP contribution < -0.4 is 10.5 Å². The van der Waals surface area contributed by atoms with E-state index in [4.69, 9.17) is 4.42 Å². The van der Waals surface area contributed by atoms with Crippen LogP contribution in [0.15, 0.2) is 51.7 Å². The first-order valence-corrected chi connectivity index (χ1v) is 12.9. The summed E-state index contributed by atoms with van der Waals surface area (Å²) in [5, 5.41) is 18.2. The molecule has 0 spiro atoms. The summed E-state index contributed by atoms with van der Waals surface area (Å²) < 4.78 is 21.5. The van der Waals surface area contributed by atoms with Crippen molar-refractivity contribution in [1.29, 1.82) is 5.26 Å². The number of benzene rings is 1. The third kappa shape index (κ3) is 4.23. The zero-order chi connectivity index (χ0) is 26.6. The van der Waals surface area contributed by atoms with Crippen molar-refractivity contribution in [2.45, 2.75) is 50.7 Å². The molecule has 2 fully saturated rings. The molecule has 1 aliphatic carbocycles. The number of aromatic nitrogens is 4. The zero-order valence-electron chi connectivity index (χ0n) is 21.5. The summed E-state index contributed by atoms with van der Waals surface area (Å²) in [6, 6.07) is 13.2. The van der Waals surface area contributed by atoms with Gasteiger partial charge in [0.2, 0.25) is 11.8 Å². The molecular weight excluding hydrogens is 485 g/mol. The molecule has 6 rings (SSSR count). The Balaban J connectivity index is 1.38. The van der Waals surface area contributed by atoms with E-state index in [9.17, 15) is 14.4 Å². The molecular formula is C28H28FN7O2. The van der Waals surface area contributed by atoms with Crippen molar-refractivity contribution >= 4 is 16.7 Å². The molecule has 1 saturated carbocycles. The van der Waals surface area contributed by atoms with Crippen molar-refractivity contribution in [2.75, 3.05) is 18.0 Å². The average molecular weight is 514 g/mol. The Morgan fingerprint density at radius 1 is 1.08 bits per heavy atom. The van der Waals surface area contributed by atoms with Crippen LogP contribution in [0.1, 0.15) is 61.7 Å². The largest absolute Gasteiger partial charge is 0.423 e. The molecule has 194 valence electrons. The molecule has 1 saturated heterocycles. The van der Waals surface area contributed by atoms with Gasteiger partial charge in [-0.15, -0.1) is 10.2 Å². The lowest BCUT2D eigenvalue weighted by Gasteiger charge is -2.47. The Morgan fingerprint density at radius 2 is 1.84 bits per heavy atom. The molecule has 0 amide bonds. The highest BCUT2D eigenvalue weighted by atomic mass is 19.1. The maximum absolute atomic E-state index is 13.8. The van der Waals surface area contributed by atoms with Crippen molar-refractivity contribution in [3.8, 4) is 6.07 Å². The molecule has 2 aliphatic rings. The third-order valence-corrected chi connectivity index (χ3v) is 7.66. The highest BCUT2D eigenvalue weighted by Gasteiger charge is 2.39. The van der Waals surface area contributed by atoms with E-state index in [1.54, 1.807) is 41.9 Å². The van der Waals surface area contributed by atoms with Gasteiger partial charge in [0.25, 0.3) is 5.56 Å². The van der Waals surface area contributed by atoms with Gasteiger partial charge in [0.1, 0.15) is 29.1 Å². The number of piperazine rings is 1. The van der Waals surface area contributed by atoms with Crippen LogP contribution in [-0.2, 0) is 7.05 Å². The lowest BCUT2D eigenvalue weighted by molar-refractivity contribution is 0.113. The summed E-state index contributed by atoms with van der Waals surface area (Å²) in [7, 11) is 1.71. The van der Waals surface area contributed by atoms with Crippen LogP contribution in [0.25, 0.3) is 11.0 Å². The summed E-state index contributed by atoms with van der Waals surface area (Å²) in [4.78, 5) is 21.9. The van der Waals surface area contributed by atoms with E-state index in [0.29, 0.717) is 53.2 Å². The number of fused-ring (bicyclic) bond motifs is 1. The molecule has 0 N–H and O–H groups in total. The van der Waals surface area contributed by atoms with Gasteiger partial charge < -0.3 is 13.9 Å². The number of rotatable bonds is 5. The number of aryl methyl sites for hydroxylation is 1. The van der Waals surface area contributed by atoms with Gasteiger partial charge in [-0.2, -0.15) is 5.26 Å². The van der Waals surface area contributed by atoms with Crippen molar-refractivity contribution < 1.29 is 8.81 Å². The number of hydrogen-bond acceptors (Lipinski definition) is 8. The van der Waals surface area contributed by atoms with Crippen LogP contribution in [0.4, 0.5) is 10.1 Å². The molecule has 2 unspecified atom stereocenters. The molecule has 0 radical (unpaired) electrons. The number of hydrogen-bond donors (Lipinski definition) is 0. The predicted octanol–water partition coefficient (Wildman–Crippen LogP) is 3.89. The van der Waals surface area contributed by atoms with Gasteiger partial charge in [-0.3, -0.25) is 9.69 Å².